The van der Waals surface area contributed by atoms with Gasteiger partial charge in [0.25, 0.3) is 0 Å². The molecule has 5 aromatic carbocycles. The third kappa shape index (κ3) is 3.14. The van der Waals surface area contributed by atoms with Crippen molar-refractivity contribution in [1.29, 1.82) is 0 Å². The van der Waals surface area contributed by atoms with Gasteiger partial charge in [0.2, 0.25) is 0 Å². The molecule has 3 nitrogen and oxygen atoms in total. The summed E-state index contributed by atoms with van der Waals surface area (Å²) in [5.41, 5.74) is 12.0. The predicted octanol–water partition coefficient (Wildman–Crippen LogP) is 9.14. The Morgan fingerprint density at radius 1 is 0.703 bits per heavy atom. The molecular formula is C34H29N3. The fourth-order valence-corrected chi connectivity index (χ4v) is 6.10. The highest BCUT2D eigenvalue weighted by Gasteiger charge is 2.38. The normalized spacial score (nSPS) is 14.0. The highest BCUT2D eigenvalue weighted by atomic mass is 15.2. The molecule has 2 N–H and O–H groups in total. The molecule has 0 aliphatic carbocycles. The van der Waals surface area contributed by atoms with Gasteiger partial charge in [-0.2, -0.15) is 0 Å². The van der Waals surface area contributed by atoms with Gasteiger partial charge in [-0.15, -0.1) is 0 Å². The Kier molecular flexibility index (Phi) is 4.71. The molecule has 180 valence electrons. The van der Waals surface area contributed by atoms with E-state index in [4.69, 9.17) is 0 Å². The lowest BCUT2D eigenvalue weighted by molar-refractivity contribution is 0.633. The van der Waals surface area contributed by atoms with E-state index in [1.54, 1.807) is 0 Å². The van der Waals surface area contributed by atoms with Crippen LogP contribution in [0.1, 0.15) is 25.0 Å². The summed E-state index contributed by atoms with van der Waals surface area (Å²) in [5.74, 6) is 0. The molecule has 7 rings (SSSR count). The van der Waals surface area contributed by atoms with E-state index in [9.17, 15) is 0 Å². The smallest absolute Gasteiger partial charge is 0.0744 e. The monoisotopic (exact) mass is 479 g/mol. The van der Waals surface area contributed by atoms with E-state index in [1.807, 2.05) is 7.05 Å². The standard InChI is InChI=1S/C34H29N3/c1-34(2)27-19-18-26-25-14-8-10-16-30(25)36-32(26)33(27)37(23-11-5-4-6-12-23)31-20-17-22(21-28(31)34)24-13-7-9-15-29(24)35-3/h4-21,35-36H,1-3H3. The van der Waals surface area contributed by atoms with Gasteiger partial charge >= 0.3 is 0 Å². The van der Waals surface area contributed by atoms with E-state index >= 15 is 0 Å². The summed E-state index contributed by atoms with van der Waals surface area (Å²) < 4.78 is 0. The SMILES string of the molecule is CNc1ccccc1-c1ccc2c(c1)C(C)(C)c1ccc3c([nH]c4ccccc43)c1N2c1ccccc1. The van der Waals surface area contributed by atoms with Gasteiger partial charge in [-0.3, -0.25) is 0 Å². The van der Waals surface area contributed by atoms with Crippen LogP contribution in [0.5, 0.6) is 0 Å². The molecule has 0 fully saturated rings. The fourth-order valence-electron chi connectivity index (χ4n) is 6.10. The zero-order chi connectivity index (χ0) is 25.1. The van der Waals surface area contributed by atoms with Crippen LogP contribution in [0.4, 0.5) is 22.7 Å². The molecule has 0 unspecified atom stereocenters. The van der Waals surface area contributed by atoms with Crippen molar-refractivity contribution in [2.24, 2.45) is 0 Å². The highest BCUT2D eigenvalue weighted by molar-refractivity contribution is 6.14. The quantitative estimate of drug-likeness (QED) is 0.265. The molecule has 0 spiro atoms. The van der Waals surface area contributed by atoms with Gasteiger partial charge in [0.1, 0.15) is 0 Å². The fraction of sp³-hybridized carbons (Fsp3) is 0.118. The van der Waals surface area contributed by atoms with E-state index in [1.165, 1.54) is 55.4 Å². The minimum atomic E-state index is -0.188. The van der Waals surface area contributed by atoms with Crippen molar-refractivity contribution < 1.29 is 0 Å². The Balaban J connectivity index is 1.55. The van der Waals surface area contributed by atoms with E-state index < -0.39 is 0 Å². The number of nitrogens with zero attached hydrogens (tertiary/aromatic N) is 1. The molecule has 6 aromatic rings. The van der Waals surface area contributed by atoms with Crippen LogP contribution in [0.25, 0.3) is 32.9 Å². The first kappa shape index (κ1) is 21.8. The first-order valence-electron chi connectivity index (χ1n) is 12.9. The average molecular weight is 480 g/mol. The van der Waals surface area contributed by atoms with Crippen molar-refractivity contribution in [1.82, 2.24) is 4.98 Å². The van der Waals surface area contributed by atoms with Crippen LogP contribution in [0, 0.1) is 0 Å². The van der Waals surface area contributed by atoms with Crippen LogP contribution in [0.3, 0.4) is 0 Å². The number of hydrogen-bond donors (Lipinski definition) is 2. The summed E-state index contributed by atoms with van der Waals surface area (Å²) >= 11 is 0. The minimum Gasteiger partial charge on any atom is -0.388 e. The number of aromatic nitrogens is 1. The second-order valence-corrected chi connectivity index (χ2v) is 10.4. The molecule has 1 aliphatic heterocycles. The molecule has 0 radical (unpaired) electrons. The Morgan fingerprint density at radius 3 is 2.30 bits per heavy atom. The lowest BCUT2D eigenvalue weighted by atomic mass is 9.72. The topological polar surface area (TPSA) is 31.1 Å². The minimum absolute atomic E-state index is 0.188. The highest BCUT2D eigenvalue weighted by Crippen LogP contribution is 2.55. The summed E-state index contributed by atoms with van der Waals surface area (Å²) in [6.45, 7) is 4.71. The van der Waals surface area contributed by atoms with Crippen LogP contribution in [-0.4, -0.2) is 12.0 Å². The lowest BCUT2D eigenvalue weighted by Crippen LogP contribution is -2.31. The number of H-pyrrole nitrogens is 1. The van der Waals surface area contributed by atoms with Gasteiger partial charge < -0.3 is 15.2 Å². The number of anilines is 4. The van der Waals surface area contributed by atoms with Crippen molar-refractivity contribution in [2.45, 2.75) is 19.3 Å². The van der Waals surface area contributed by atoms with E-state index in [0.29, 0.717) is 0 Å². The number of fused-ring (bicyclic) bond motifs is 6. The van der Waals surface area contributed by atoms with Gasteiger partial charge in [-0.05, 0) is 53.1 Å². The summed E-state index contributed by atoms with van der Waals surface area (Å²) in [6, 6.07) is 39.4. The number of aromatic amines is 1. The van der Waals surface area contributed by atoms with E-state index in [2.05, 4.69) is 138 Å². The van der Waals surface area contributed by atoms with Crippen molar-refractivity contribution in [3.8, 4) is 11.1 Å². The van der Waals surface area contributed by atoms with Gasteiger partial charge in [-0.25, -0.2) is 0 Å². The number of nitrogens with one attached hydrogen (secondary N) is 2. The zero-order valence-corrected chi connectivity index (χ0v) is 21.3. The van der Waals surface area contributed by atoms with Gasteiger partial charge in [0.15, 0.2) is 0 Å². The molecule has 0 atom stereocenters. The van der Waals surface area contributed by atoms with Gasteiger partial charge in [0, 0.05) is 45.7 Å². The van der Waals surface area contributed by atoms with Crippen molar-refractivity contribution in [2.75, 3.05) is 17.3 Å². The van der Waals surface area contributed by atoms with Crippen LogP contribution >= 0.6 is 0 Å². The van der Waals surface area contributed by atoms with Crippen molar-refractivity contribution >= 4 is 44.6 Å². The first-order valence-corrected chi connectivity index (χ1v) is 12.9. The van der Waals surface area contributed by atoms with Gasteiger partial charge in [-0.1, -0.05) is 86.6 Å². The summed E-state index contributed by atoms with van der Waals surface area (Å²) in [7, 11) is 1.99. The lowest BCUT2D eigenvalue weighted by Gasteiger charge is -2.42. The predicted molar refractivity (Wildman–Crippen MR) is 158 cm³/mol. The molecule has 1 aliphatic rings. The molecule has 0 bridgehead atoms. The number of hydrogen-bond acceptors (Lipinski definition) is 2. The summed E-state index contributed by atoms with van der Waals surface area (Å²) in [5, 5.41) is 5.88. The molecule has 0 saturated heterocycles. The molecule has 0 saturated carbocycles. The maximum Gasteiger partial charge on any atom is 0.0744 e. The molecule has 2 heterocycles. The number of rotatable bonds is 3. The van der Waals surface area contributed by atoms with Crippen LogP contribution in [0.15, 0.2) is 109 Å². The number of benzene rings is 5. The first-order chi connectivity index (χ1) is 18.1. The van der Waals surface area contributed by atoms with Crippen molar-refractivity contribution in [3.63, 3.8) is 0 Å². The maximum absolute atomic E-state index is 3.78. The zero-order valence-electron chi connectivity index (χ0n) is 21.3. The third-order valence-electron chi connectivity index (χ3n) is 7.98. The maximum atomic E-state index is 3.78. The van der Waals surface area contributed by atoms with Crippen LogP contribution in [0.2, 0.25) is 0 Å². The molecular weight excluding hydrogens is 450 g/mol. The molecule has 3 heteroatoms. The van der Waals surface area contributed by atoms with E-state index in [-0.39, 0.29) is 5.41 Å². The molecule has 0 amide bonds. The van der Waals surface area contributed by atoms with Crippen molar-refractivity contribution in [3.05, 3.63) is 120 Å². The van der Waals surface area contributed by atoms with Crippen LogP contribution in [-0.2, 0) is 5.41 Å². The largest absolute Gasteiger partial charge is 0.388 e. The Hall–Kier alpha value is -4.50. The Morgan fingerprint density at radius 2 is 1.46 bits per heavy atom. The summed E-state index contributed by atoms with van der Waals surface area (Å²) in [4.78, 5) is 6.22. The Labute approximate surface area is 217 Å². The van der Waals surface area contributed by atoms with Gasteiger partial charge in [0.05, 0.1) is 16.9 Å². The third-order valence-corrected chi connectivity index (χ3v) is 7.98. The molecule has 1 aromatic heterocycles. The number of para-hydroxylation sites is 3. The second kappa shape index (κ2) is 8.01. The average Bonchev–Trinajstić information content (AvgIpc) is 3.33. The molecule has 37 heavy (non-hydrogen) atoms. The van der Waals surface area contributed by atoms with Crippen LogP contribution < -0.4 is 10.2 Å². The van der Waals surface area contributed by atoms with E-state index in [0.717, 1.165) is 11.4 Å². The second-order valence-electron chi connectivity index (χ2n) is 10.4. The Bertz CT molecular complexity index is 1790. The summed E-state index contributed by atoms with van der Waals surface area (Å²) in [6.07, 6.45) is 0.